The molecular formula is C13H9N3OS. The SMILES string of the molecule is NC(=O)c1ccc2nc(-c3ccncc3)sc2c1. The van der Waals surface area contributed by atoms with Gasteiger partial charge in [-0.1, -0.05) is 0 Å². The van der Waals surface area contributed by atoms with Crippen LogP contribution in [0, 0.1) is 0 Å². The number of nitrogens with two attached hydrogens (primary N) is 1. The van der Waals surface area contributed by atoms with Gasteiger partial charge in [-0.15, -0.1) is 11.3 Å². The Bertz CT molecular complexity index is 721. The zero-order chi connectivity index (χ0) is 12.5. The van der Waals surface area contributed by atoms with E-state index >= 15 is 0 Å². The van der Waals surface area contributed by atoms with E-state index in [4.69, 9.17) is 5.73 Å². The van der Waals surface area contributed by atoms with Crippen LogP contribution in [0.25, 0.3) is 20.8 Å². The quantitative estimate of drug-likeness (QED) is 0.764. The zero-order valence-corrected chi connectivity index (χ0v) is 10.1. The van der Waals surface area contributed by atoms with Gasteiger partial charge < -0.3 is 5.73 Å². The van der Waals surface area contributed by atoms with Crippen molar-refractivity contribution in [3.63, 3.8) is 0 Å². The topological polar surface area (TPSA) is 68.9 Å². The number of thiazole rings is 1. The Hall–Kier alpha value is -2.27. The van der Waals surface area contributed by atoms with E-state index in [1.807, 2.05) is 18.2 Å². The van der Waals surface area contributed by atoms with Crippen molar-refractivity contribution in [1.82, 2.24) is 9.97 Å². The highest BCUT2D eigenvalue weighted by molar-refractivity contribution is 7.21. The maximum absolute atomic E-state index is 11.1. The lowest BCUT2D eigenvalue weighted by atomic mass is 10.2. The summed E-state index contributed by atoms with van der Waals surface area (Å²) in [5, 5.41) is 0.911. The fraction of sp³-hybridized carbons (Fsp3) is 0. The van der Waals surface area contributed by atoms with E-state index in [1.165, 1.54) is 11.3 Å². The molecule has 4 nitrogen and oxygen atoms in total. The molecule has 1 amide bonds. The van der Waals surface area contributed by atoms with E-state index < -0.39 is 5.91 Å². The van der Waals surface area contributed by atoms with E-state index in [-0.39, 0.29) is 0 Å². The Morgan fingerprint density at radius 3 is 2.67 bits per heavy atom. The molecule has 0 aliphatic heterocycles. The molecule has 5 heteroatoms. The van der Waals surface area contributed by atoms with Crippen LogP contribution in [0.4, 0.5) is 0 Å². The second-order valence-electron chi connectivity index (χ2n) is 3.80. The highest BCUT2D eigenvalue weighted by Crippen LogP contribution is 2.30. The molecular weight excluding hydrogens is 246 g/mol. The molecule has 0 saturated carbocycles. The van der Waals surface area contributed by atoms with Gasteiger partial charge >= 0.3 is 0 Å². The van der Waals surface area contributed by atoms with Crippen LogP contribution in [-0.2, 0) is 0 Å². The van der Waals surface area contributed by atoms with Gasteiger partial charge in [-0.2, -0.15) is 0 Å². The number of amides is 1. The molecule has 0 aliphatic rings. The van der Waals surface area contributed by atoms with Crippen molar-refractivity contribution in [3.05, 3.63) is 48.3 Å². The van der Waals surface area contributed by atoms with Crippen molar-refractivity contribution < 1.29 is 4.79 Å². The van der Waals surface area contributed by atoms with Gasteiger partial charge in [0.2, 0.25) is 5.91 Å². The second-order valence-corrected chi connectivity index (χ2v) is 4.83. The number of carbonyl (C=O) groups is 1. The van der Waals surface area contributed by atoms with Crippen molar-refractivity contribution in [2.24, 2.45) is 5.73 Å². The van der Waals surface area contributed by atoms with Gasteiger partial charge in [0.15, 0.2) is 0 Å². The Morgan fingerprint density at radius 1 is 1.17 bits per heavy atom. The lowest BCUT2D eigenvalue weighted by Gasteiger charge is -1.92. The number of benzene rings is 1. The summed E-state index contributed by atoms with van der Waals surface area (Å²) in [6, 6.07) is 9.11. The van der Waals surface area contributed by atoms with Crippen LogP contribution in [0.3, 0.4) is 0 Å². The number of primary amides is 1. The minimum absolute atomic E-state index is 0.421. The number of hydrogen-bond acceptors (Lipinski definition) is 4. The third-order valence-electron chi connectivity index (χ3n) is 2.60. The van der Waals surface area contributed by atoms with Gasteiger partial charge in [0.05, 0.1) is 10.2 Å². The molecule has 18 heavy (non-hydrogen) atoms. The molecule has 0 unspecified atom stereocenters. The van der Waals surface area contributed by atoms with Gasteiger partial charge in [0, 0.05) is 23.5 Å². The molecule has 2 N–H and O–H groups in total. The highest BCUT2D eigenvalue weighted by Gasteiger charge is 2.08. The first kappa shape index (κ1) is 10.9. The van der Waals surface area contributed by atoms with Crippen LogP contribution in [-0.4, -0.2) is 15.9 Å². The normalized spacial score (nSPS) is 10.7. The third-order valence-corrected chi connectivity index (χ3v) is 3.67. The number of pyridine rings is 1. The maximum atomic E-state index is 11.1. The molecule has 0 spiro atoms. The van der Waals surface area contributed by atoms with E-state index in [9.17, 15) is 4.79 Å². The third kappa shape index (κ3) is 1.84. The number of hydrogen-bond donors (Lipinski definition) is 1. The van der Waals surface area contributed by atoms with Crippen LogP contribution in [0.5, 0.6) is 0 Å². The molecule has 1 aromatic carbocycles. The Balaban J connectivity index is 2.14. The van der Waals surface area contributed by atoms with Gasteiger partial charge in [-0.05, 0) is 30.3 Å². The van der Waals surface area contributed by atoms with Crippen molar-refractivity contribution in [1.29, 1.82) is 0 Å². The average molecular weight is 255 g/mol. The standard InChI is InChI=1S/C13H9N3OS/c14-12(17)9-1-2-10-11(7-9)18-13(16-10)8-3-5-15-6-4-8/h1-7H,(H2,14,17). The number of fused-ring (bicyclic) bond motifs is 1. The summed E-state index contributed by atoms with van der Waals surface area (Å²) in [7, 11) is 0. The first-order chi connectivity index (χ1) is 8.74. The van der Waals surface area contributed by atoms with Crippen molar-refractivity contribution in [3.8, 4) is 10.6 Å². The Kier molecular flexibility index (Phi) is 2.53. The molecule has 0 saturated heterocycles. The number of nitrogens with zero attached hydrogens (tertiary/aromatic N) is 2. The van der Waals surface area contributed by atoms with Gasteiger partial charge in [0.25, 0.3) is 0 Å². The lowest BCUT2D eigenvalue weighted by Crippen LogP contribution is -2.10. The molecule has 2 heterocycles. The van der Waals surface area contributed by atoms with Crippen LogP contribution in [0.1, 0.15) is 10.4 Å². The van der Waals surface area contributed by atoms with E-state index in [1.54, 1.807) is 24.5 Å². The van der Waals surface area contributed by atoms with Crippen LogP contribution >= 0.6 is 11.3 Å². The molecule has 0 bridgehead atoms. The zero-order valence-electron chi connectivity index (χ0n) is 9.33. The van der Waals surface area contributed by atoms with Crippen molar-refractivity contribution in [2.45, 2.75) is 0 Å². The molecule has 3 aromatic rings. The minimum atomic E-state index is -0.421. The summed E-state index contributed by atoms with van der Waals surface area (Å²) in [6.45, 7) is 0. The second kappa shape index (κ2) is 4.19. The summed E-state index contributed by atoms with van der Waals surface area (Å²) in [5.41, 5.74) is 7.66. The molecule has 0 radical (unpaired) electrons. The molecule has 88 valence electrons. The maximum Gasteiger partial charge on any atom is 0.248 e. The van der Waals surface area contributed by atoms with Crippen LogP contribution < -0.4 is 5.73 Å². The van der Waals surface area contributed by atoms with Crippen molar-refractivity contribution in [2.75, 3.05) is 0 Å². The minimum Gasteiger partial charge on any atom is -0.366 e. The van der Waals surface area contributed by atoms with Crippen LogP contribution in [0.15, 0.2) is 42.7 Å². The van der Waals surface area contributed by atoms with Crippen molar-refractivity contribution >= 4 is 27.5 Å². The molecule has 0 atom stereocenters. The lowest BCUT2D eigenvalue weighted by molar-refractivity contribution is 0.100. The van der Waals surface area contributed by atoms with Gasteiger partial charge in [-0.3, -0.25) is 9.78 Å². The first-order valence-electron chi connectivity index (χ1n) is 5.35. The fourth-order valence-electron chi connectivity index (χ4n) is 1.70. The number of aromatic nitrogens is 2. The molecule has 0 aliphatic carbocycles. The van der Waals surface area contributed by atoms with Gasteiger partial charge in [0.1, 0.15) is 5.01 Å². The number of carbonyl (C=O) groups excluding carboxylic acids is 1. The smallest absolute Gasteiger partial charge is 0.248 e. The summed E-state index contributed by atoms with van der Waals surface area (Å²) in [5.74, 6) is -0.421. The Labute approximate surface area is 107 Å². The Morgan fingerprint density at radius 2 is 1.94 bits per heavy atom. The fourth-order valence-corrected chi connectivity index (χ4v) is 2.71. The molecule has 2 aromatic heterocycles. The van der Waals surface area contributed by atoms with Gasteiger partial charge in [-0.25, -0.2) is 4.98 Å². The average Bonchev–Trinajstić information content (AvgIpc) is 2.82. The molecule has 3 rings (SSSR count). The molecule has 0 fully saturated rings. The van der Waals surface area contributed by atoms with Crippen LogP contribution in [0.2, 0.25) is 0 Å². The highest BCUT2D eigenvalue weighted by atomic mass is 32.1. The predicted molar refractivity (Wildman–Crippen MR) is 71.4 cm³/mol. The largest absolute Gasteiger partial charge is 0.366 e. The monoisotopic (exact) mass is 255 g/mol. The number of rotatable bonds is 2. The summed E-state index contributed by atoms with van der Waals surface area (Å²) in [6.07, 6.45) is 3.46. The summed E-state index contributed by atoms with van der Waals surface area (Å²) in [4.78, 5) is 19.6. The van der Waals surface area contributed by atoms with E-state index in [0.717, 1.165) is 20.8 Å². The van der Waals surface area contributed by atoms with E-state index in [2.05, 4.69) is 9.97 Å². The summed E-state index contributed by atoms with van der Waals surface area (Å²) >= 11 is 1.54. The predicted octanol–water partition coefficient (Wildman–Crippen LogP) is 2.46. The van der Waals surface area contributed by atoms with E-state index in [0.29, 0.717) is 5.56 Å². The summed E-state index contributed by atoms with van der Waals surface area (Å²) < 4.78 is 0.957. The first-order valence-corrected chi connectivity index (χ1v) is 6.16.